The Hall–Kier alpha value is -2.37. The summed E-state index contributed by atoms with van der Waals surface area (Å²) < 4.78 is 0. The van der Waals surface area contributed by atoms with E-state index in [2.05, 4.69) is 5.32 Å². The van der Waals surface area contributed by atoms with Crippen molar-refractivity contribution in [2.45, 2.75) is 57.9 Å². The molecule has 1 aliphatic carbocycles. The van der Waals surface area contributed by atoms with Crippen LogP contribution in [0, 0.1) is 12.8 Å². The van der Waals surface area contributed by atoms with Gasteiger partial charge < -0.3 is 15.3 Å². The number of rotatable bonds is 4. The normalized spacial score (nSPS) is 21.5. The highest BCUT2D eigenvalue weighted by atomic mass is 16.4. The number of benzene rings is 1. The smallest absolute Gasteiger partial charge is 0.335 e. The van der Waals surface area contributed by atoms with Crippen LogP contribution in [0.5, 0.6) is 0 Å². The summed E-state index contributed by atoms with van der Waals surface area (Å²) in [6, 6.07) is 4.92. The van der Waals surface area contributed by atoms with Crippen LogP contribution in [0.3, 0.4) is 0 Å². The molecule has 6 nitrogen and oxygen atoms in total. The number of carboxylic acid groups (broad SMARTS) is 1. The molecular formula is C20H26N2O4. The van der Waals surface area contributed by atoms with Gasteiger partial charge >= 0.3 is 5.97 Å². The zero-order valence-electron chi connectivity index (χ0n) is 15.2. The van der Waals surface area contributed by atoms with Crippen molar-refractivity contribution in [2.24, 2.45) is 5.92 Å². The number of hydrogen-bond acceptors (Lipinski definition) is 3. The molecule has 1 atom stereocenters. The van der Waals surface area contributed by atoms with Crippen LogP contribution < -0.4 is 5.32 Å². The molecular weight excluding hydrogens is 332 g/mol. The Labute approximate surface area is 153 Å². The molecule has 1 saturated heterocycles. The van der Waals surface area contributed by atoms with Gasteiger partial charge in [-0.1, -0.05) is 31.7 Å². The van der Waals surface area contributed by atoms with Gasteiger partial charge in [0.05, 0.1) is 11.5 Å². The average molecular weight is 358 g/mol. The predicted octanol–water partition coefficient (Wildman–Crippen LogP) is 3.20. The summed E-state index contributed by atoms with van der Waals surface area (Å²) in [7, 11) is 0. The second kappa shape index (κ2) is 7.89. The maximum absolute atomic E-state index is 12.7. The van der Waals surface area contributed by atoms with Crippen molar-refractivity contribution >= 4 is 23.5 Å². The number of aryl methyl sites for hydroxylation is 1. The number of carbonyl (C=O) groups excluding carboxylic acids is 2. The molecule has 0 aromatic heterocycles. The van der Waals surface area contributed by atoms with Crippen LogP contribution in [0.4, 0.5) is 5.69 Å². The van der Waals surface area contributed by atoms with Gasteiger partial charge in [0.25, 0.3) is 0 Å². The Kier molecular flexibility index (Phi) is 5.59. The molecule has 1 aromatic carbocycles. The maximum Gasteiger partial charge on any atom is 0.335 e. The quantitative estimate of drug-likeness (QED) is 0.809. The number of carbonyl (C=O) groups is 3. The Morgan fingerprint density at radius 3 is 2.50 bits per heavy atom. The first-order valence-corrected chi connectivity index (χ1v) is 9.40. The minimum atomic E-state index is -1.03. The van der Waals surface area contributed by atoms with E-state index < -0.39 is 5.97 Å². The average Bonchev–Trinajstić information content (AvgIpc) is 2.82. The van der Waals surface area contributed by atoms with E-state index in [1.54, 1.807) is 6.07 Å². The monoisotopic (exact) mass is 358 g/mol. The van der Waals surface area contributed by atoms with Crippen LogP contribution in [0.15, 0.2) is 18.2 Å². The third kappa shape index (κ3) is 4.06. The van der Waals surface area contributed by atoms with Gasteiger partial charge in [0.2, 0.25) is 11.8 Å². The molecule has 0 bridgehead atoms. The molecule has 1 aliphatic heterocycles. The number of likely N-dealkylation sites (tertiary alicyclic amines) is 1. The molecule has 140 valence electrons. The summed E-state index contributed by atoms with van der Waals surface area (Å²) >= 11 is 0. The first kappa shape index (κ1) is 18.4. The molecule has 2 amide bonds. The molecule has 2 aliphatic rings. The molecule has 1 heterocycles. The van der Waals surface area contributed by atoms with Crippen LogP contribution in [-0.4, -0.2) is 40.4 Å². The third-order valence-electron chi connectivity index (χ3n) is 5.54. The predicted molar refractivity (Wildman–Crippen MR) is 98.1 cm³/mol. The van der Waals surface area contributed by atoms with Gasteiger partial charge in [0, 0.05) is 24.7 Å². The Morgan fingerprint density at radius 2 is 1.85 bits per heavy atom. The van der Waals surface area contributed by atoms with Gasteiger partial charge in [-0.25, -0.2) is 4.79 Å². The zero-order valence-corrected chi connectivity index (χ0v) is 15.2. The summed E-state index contributed by atoms with van der Waals surface area (Å²) in [6.45, 7) is 2.28. The van der Waals surface area contributed by atoms with Crippen LogP contribution in [0.1, 0.15) is 60.9 Å². The molecule has 0 radical (unpaired) electrons. The highest BCUT2D eigenvalue weighted by Crippen LogP contribution is 2.29. The summed E-state index contributed by atoms with van der Waals surface area (Å²) in [5.41, 5.74) is 1.43. The molecule has 2 N–H and O–H groups in total. The molecule has 3 rings (SSSR count). The van der Waals surface area contributed by atoms with E-state index in [9.17, 15) is 14.4 Å². The van der Waals surface area contributed by atoms with Crippen molar-refractivity contribution in [3.05, 3.63) is 29.3 Å². The first-order valence-electron chi connectivity index (χ1n) is 9.40. The van der Waals surface area contributed by atoms with E-state index in [0.717, 1.165) is 31.2 Å². The van der Waals surface area contributed by atoms with Gasteiger partial charge in [0.1, 0.15) is 0 Å². The van der Waals surface area contributed by atoms with Crippen molar-refractivity contribution in [3.8, 4) is 0 Å². The molecule has 2 fully saturated rings. The fourth-order valence-electron chi connectivity index (χ4n) is 3.95. The lowest BCUT2D eigenvalue weighted by molar-refractivity contribution is -0.130. The number of nitrogens with zero attached hydrogens (tertiary/aromatic N) is 1. The molecule has 1 saturated carbocycles. The van der Waals surface area contributed by atoms with Gasteiger partial charge in [-0.3, -0.25) is 9.59 Å². The standard InChI is InChI=1S/C20H26N2O4/c1-13-8-9-14(20(25)26)10-17(13)21-19(24)15-11-18(23)22(12-15)16-6-4-2-3-5-7-16/h8-10,15-16H,2-7,11-12H2,1H3,(H,21,24)(H,25,26). The second-order valence-electron chi connectivity index (χ2n) is 7.42. The highest BCUT2D eigenvalue weighted by molar-refractivity contribution is 5.99. The largest absolute Gasteiger partial charge is 0.478 e. The Morgan fingerprint density at radius 1 is 1.15 bits per heavy atom. The van der Waals surface area contributed by atoms with Crippen LogP contribution in [0.2, 0.25) is 0 Å². The second-order valence-corrected chi connectivity index (χ2v) is 7.42. The van der Waals surface area contributed by atoms with E-state index in [1.807, 2.05) is 11.8 Å². The number of nitrogens with one attached hydrogen (secondary N) is 1. The van der Waals surface area contributed by atoms with E-state index in [-0.39, 0.29) is 35.8 Å². The number of amides is 2. The minimum Gasteiger partial charge on any atom is -0.478 e. The lowest BCUT2D eigenvalue weighted by Gasteiger charge is -2.27. The van der Waals surface area contributed by atoms with Gasteiger partial charge in [-0.15, -0.1) is 0 Å². The van der Waals surface area contributed by atoms with E-state index in [1.165, 1.54) is 25.0 Å². The topological polar surface area (TPSA) is 86.7 Å². The van der Waals surface area contributed by atoms with E-state index in [0.29, 0.717) is 12.2 Å². The summed E-state index contributed by atoms with van der Waals surface area (Å²) in [4.78, 5) is 38.1. The summed E-state index contributed by atoms with van der Waals surface area (Å²) in [5, 5.41) is 11.9. The van der Waals surface area contributed by atoms with Crippen molar-refractivity contribution in [3.63, 3.8) is 0 Å². The number of aromatic carboxylic acids is 1. The van der Waals surface area contributed by atoms with Crippen LogP contribution in [0.25, 0.3) is 0 Å². The molecule has 26 heavy (non-hydrogen) atoms. The first-order chi connectivity index (χ1) is 12.5. The number of carboxylic acids is 1. The number of anilines is 1. The number of hydrogen-bond donors (Lipinski definition) is 2. The van der Waals surface area contributed by atoms with Crippen molar-refractivity contribution < 1.29 is 19.5 Å². The fourth-order valence-corrected chi connectivity index (χ4v) is 3.95. The van der Waals surface area contributed by atoms with E-state index >= 15 is 0 Å². The fraction of sp³-hybridized carbons (Fsp3) is 0.550. The molecule has 1 aromatic rings. The summed E-state index contributed by atoms with van der Waals surface area (Å²) in [6.07, 6.45) is 7.03. The molecule has 6 heteroatoms. The van der Waals surface area contributed by atoms with Gasteiger partial charge in [-0.2, -0.15) is 0 Å². The van der Waals surface area contributed by atoms with Crippen LogP contribution >= 0.6 is 0 Å². The van der Waals surface area contributed by atoms with Gasteiger partial charge in [0.15, 0.2) is 0 Å². The Bertz CT molecular complexity index is 708. The lowest BCUT2D eigenvalue weighted by atomic mass is 10.1. The third-order valence-corrected chi connectivity index (χ3v) is 5.54. The SMILES string of the molecule is Cc1ccc(C(=O)O)cc1NC(=O)C1CC(=O)N(C2CCCCCC2)C1. The zero-order chi connectivity index (χ0) is 18.7. The van der Waals surface area contributed by atoms with E-state index in [4.69, 9.17) is 5.11 Å². The van der Waals surface area contributed by atoms with Crippen molar-refractivity contribution in [1.29, 1.82) is 0 Å². The Balaban J connectivity index is 1.66. The van der Waals surface area contributed by atoms with Crippen molar-refractivity contribution in [1.82, 2.24) is 4.90 Å². The maximum atomic E-state index is 12.7. The van der Waals surface area contributed by atoms with Crippen molar-refractivity contribution in [2.75, 3.05) is 11.9 Å². The molecule has 1 unspecified atom stereocenters. The van der Waals surface area contributed by atoms with Crippen LogP contribution in [-0.2, 0) is 9.59 Å². The lowest BCUT2D eigenvalue weighted by Crippen LogP contribution is -2.37. The highest BCUT2D eigenvalue weighted by Gasteiger charge is 2.38. The summed E-state index contributed by atoms with van der Waals surface area (Å²) in [5.74, 6) is -1.55. The van der Waals surface area contributed by atoms with Gasteiger partial charge in [-0.05, 0) is 37.5 Å². The molecule has 0 spiro atoms. The minimum absolute atomic E-state index is 0.0630.